The Bertz CT molecular complexity index is 705. The number of ether oxygens (including phenoxy) is 1. The summed E-state index contributed by atoms with van der Waals surface area (Å²) >= 11 is 0. The third kappa shape index (κ3) is 7.32. The average Bonchev–Trinajstić information content (AvgIpc) is 3.18. The summed E-state index contributed by atoms with van der Waals surface area (Å²) in [7, 11) is 0. The fraction of sp³-hybridized carbons (Fsp3) is 0.450. The van der Waals surface area contributed by atoms with E-state index in [-0.39, 0.29) is 24.0 Å². The summed E-state index contributed by atoms with van der Waals surface area (Å²) < 4.78 is 5.98. The van der Waals surface area contributed by atoms with Gasteiger partial charge in [-0.2, -0.15) is 0 Å². The van der Waals surface area contributed by atoms with Crippen molar-refractivity contribution in [2.24, 2.45) is 4.99 Å². The number of nitrogens with one attached hydrogen (secondary N) is 2. The molecule has 0 bridgehead atoms. The van der Waals surface area contributed by atoms with Crippen molar-refractivity contribution in [1.29, 1.82) is 0 Å². The molecule has 2 aromatic rings. The number of nitrogens with zero attached hydrogens (tertiary/aromatic N) is 3. The maximum absolute atomic E-state index is 5.98. The molecule has 1 aliphatic carbocycles. The number of guanidine groups is 1. The molecule has 0 spiro atoms. The Morgan fingerprint density at radius 2 is 2.00 bits per heavy atom. The minimum atomic E-state index is 0. The van der Waals surface area contributed by atoms with Crippen molar-refractivity contribution in [3.63, 3.8) is 0 Å². The summed E-state index contributed by atoms with van der Waals surface area (Å²) in [5, 5.41) is 6.57. The van der Waals surface area contributed by atoms with Gasteiger partial charge in [0.05, 0.1) is 18.8 Å². The fourth-order valence-electron chi connectivity index (χ4n) is 2.98. The van der Waals surface area contributed by atoms with Crippen molar-refractivity contribution in [3.8, 4) is 5.88 Å². The molecule has 6 nitrogen and oxygen atoms in total. The molecule has 1 saturated carbocycles. The van der Waals surface area contributed by atoms with E-state index in [0.29, 0.717) is 25.1 Å². The van der Waals surface area contributed by atoms with Crippen LogP contribution in [-0.4, -0.2) is 28.6 Å². The lowest BCUT2D eigenvalue weighted by atomic mass is 10.2. The molecule has 7 heteroatoms. The highest BCUT2D eigenvalue weighted by atomic mass is 127. The van der Waals surface area contributed by atoms with Crippen molar-refractivity contribution in [2.75, 3.05) is 6.54 Å². The monoisotopic (exact) mass is 481 g/mol. The molecule has 0 amide bonds. The number of hydrogen-bond donors (Lipinski definition) is 2. The molecule has 0 aromatic carbocycles. The zero-order valence-electron chi connectivity index (χ0n) is 15.7. The van der Waals surface area contributed by atoms with Crippen LogP contribution in [0.15, 0.2) is 47.7 Å². The fourth-order valence-corrected chi connectivity index (χ4v) is 2.98. The molecular formula is C20H28IN5O. The zero-order valence-corrected chi connectivity index (χ0v) is 18.1. The van der Waals surface area contributed by atoms with Gasteiger partial charge in [-0.3, -0.25) is 4.98 Å². The molecular weight excluding hydrogens is 453 g/mol. The van der Waals surface area contributed by atoms with E-state index in [1.54, 1.807) is 12.4 Å². The molecule has 27 heavy (non-hydrogen) atoms. The number of aromatic nitrogens is 2. The number of halogens is 1. The second-order valence-electron chi connectivity index (χ2n) is 6.40. The van der Waals surface area contributed by atoms with E-state index in [4.69, 9.17) is 4.74 Å². The predicted octanol–water partition coefficient (Wildman–Crippen LogP) is 3.67. The van der Waals surface area contributed by atoms with Crippen LogP contribution in [0.1, 0.15) is 43.9 Å². The van der Waals surface area contributed by atoms with Crippen LogP contribution >= 0.6 is 24.0 Å². The summed E-state index contributed by atoms with van der Waals surface area (Å²) in [6, 6.07) is 9.86. The minimum Gasteiger partial charge on any atom is -0.474 e. The minimum absolute atomic E-state index is 0. The van der Waals surface area contributed by atoms with Crippen LogP contribution in [0.25, 0.3) is 0 Å². The van der Waals surface area contributed by atoms with Gasteiger partial charge in [-0.25, -0.2) is 9.98 Å². The summed E-state index contributed by atoms with van der Waals surface area (Å²) in [5.74, 6) is 1.48. The normalized spacial score (nSPS) is 14.5. The van der Waals surface area contributed by atoms with E-state index >= 15 is 0 Å². The second-order valence-corrected chi connectivity index (χ2v) is 6.40. The Kier molecular flexibility index (Phi) is 9.30. The van der Waals surface area contributed by atoms with Gasteiger partial charge < -0.3 is 15.4 Å². The van der Waals surface area contributed by atoms with Gasteiger partial charge in [0.2, 0.25) is 5.88 Å². The summed E-state index contributed by atoms with van der Waals surface area (Å²) in [4.78, 5) is 13.3. The van der Waals surface area contributed by atoms with Gasteiger partial charge in [0.15, 0.2) is 5.96 Å². The molecule has 3 rings (SSSR count). The van der Waals surface area contributed by atoms with Crippen LogP contribution in [0.2, 0.25) is 0 Å². The first kappa shape index (κ1) is 21.4. The number of aliphatic imine (C=N–C) groups is 1. The van der Waals surface area contributed by atoms with Crippen molar-refractivity contribution >= 4 is 29.9 Å². The van der Waals surface area contributed by atoms with Gasteiger partial charge in [0.25, 0.3) is 0 Å². The third-order valence-corrected chi connectivity index (χ3v) is 4.32. The van der Waals surface area contributed by atoms with E-state index in [1.807, 2.05) is 30.3 Å². The van der Waals surface area contributed by atoms with Crippen molar-refractivity contribution < 1.29 is 4.74 Å². The molecule has 0 radical (unpaired) electrons. The molecule has 1 aliphatic rings. The SMILES string of the molecule is CCNC(=NCc1ccnc(OC2CCCC2)c1)NCc1ccccn1.I. The molecule has 0 aliphatic heterocycles. The van der Waals surface area contributed by atoms with E-state index in [9.17, 15) is 0 Å². The van der Waals surface area contributed by atoms with E-state index in [0.717, 1.165) is 36.6 Å². The first-order valence-corrected chi connectivity index (χ1v) is 9.37. The van der Waals surface area contributed by atoms with Crippen LogP contribution in [0.3, 0.4) is 0 Å². The molecule has 1 fully saturated rings. The highest BCUT2D eigenvalue weighted by molar-refractivity contribution is 14.0. The first-order valence-electron chi connectivity index (χ1n) is 9.37. The molecule has 2 heterocycles. The molecule has 0 saturated heterocycles. The van der Waals surface area contributed by atoms with Gasteiger partial charge in [-0.15, -0.1) is 24.0 Å². The van der Waals surface area contributed by atoms with Gasteiger partial charge in [0, 0.05) is 25.0 Å². The summed E-state index contributed by atoms with van der Waals surface area (Å²) in [5.41, 5.74) is 2.07. The predicted molar refractivity (Wildman–Crippen MR) is 118 cm³/mol. The van der Waals surface area contributed by atoms with Crippen LogP contribution < -0.4 is 15.4 Å². The maximum atomic E-state index is 5.98. The van der Waals surface area contributed by atoms with Crippen LogP contribution in [0.5, 0.6) is 5.88 Å². The smallest absolute Gasteiger partial charge is 0.213 e. The lowest BCUT2D eigenvalue weighted by Gasteiger charge is -2.13. The molecule has 2 aromatic heterocycles. The Morgan fingerprint density at radius 3 is 2.74 bits per heavy atom. The third-order valence-electron chi connectivity index (χ3n) is 4.32. The topological polar surface area (TPSA) is 71.4 Å². The van der Waals surface area contributed by atoms with E-state index in [2.05, 4.69) is 32.5 Å². The highest BCUT2D eigenvalue weighted by Gasteiger charge is 2.16. The Morgan fingerprint density at radius 1 is 1.15 bits per heavy atom. The summed E-state index contributed by atoms with van der Waals surface area (Å²) in [6.07, 6.45) is 8.68. The molecule has 0 atom stereocenters. The summed E-state index contributed by atoms with van der Waals surface area (Å²) in [6.45, 7) is 4.07. The average molecular weight is 481 g/mol. The lowest BCUT2D eigenvalue weighted by molar-refractivity contribution is 0.201. The number of rotatable bonds is 7. The first-order chi connectivity index (χ1) is 12.8. The van der Waals surface area contributed by atoms with Crippen LogP contribution in [0, 0.1) is 0 Å². The van der Waals surface area contributed by atoms with Crippen LogP contribution in [0.4, 0.5) is 0 Å². The van der Waals surface area contributed by atoms with Gasteiger partial charge in [-0.05, 0) is 56.4 Å². The van der Waals surface area contributed by atoms with E-state index in [1.165, 1.54) is 12.8 Å². The quantitative estimate of drug-likeness (QED) is 0.359. The maximum Gasteiger partial charge on any atom is 0.213 e. The van der Waals surface area contributed by atoms with Crippen LogP contribution in [-0.2, 0) is 13.1 Å². The largest absolute Gasteiger partial charge is 0.474 e. The van der Waals surface area contributed by atoms with Gasteiger partial charge >= 0.3 is 0 Å². The van der Waals surface area contributed by atoms with Gasteiger partial charge in [0.1, 0.15) is 6.10 Å². The Hall–Kier alpha value is -1.90. The highest BCUT2D eigenvalue weighted by Crippen LogP contribution is 2.23. The van der Waals surface area contributed by atoms with E-state index < -0.39 is 0 Å². The molecule has 146 valence electrons. The molecule has 0 unspecified atom stereocenters. The van der Waals surface area contributed by atoms with Crippen molar-refractivity contribution in [2.45, 2.75) is 51.8 Å². The molecule has 2 N–H and O–H groups in total. The van der Waals surface area contributed by atoms with Crippen molar-refractivity contribution in [3.05, 3.63) is 54.0 Å². The zero-order chi connectivity index (χ0) is 18.0. The Balaban J connectivity index is 0.00000261. The second kappa shape index (κ2) is 11.7. The number of pyridine rings is 2. The van der Waals surface area contributed by atoms with Gasteiger partial charge in [-0.1, -0.05) is 6.07 Å². The standard InChI is InChI=1S/C20H27N5O.HI/c1-2-21-20(25-15-17-7-5-6-11-22-17)24-14-16-10-12-23-19(13-16)26-18-8-3-4-9-18;/h5-7,10-13,18H,2-4,8-9,14-15H2,1H3,(H2,21,24,25);1H. The van der Waals surface area contributed by atoms with Crippen molar-refractivity contribution in [1.82, 2.24) is 20.6 Å². The Labute approximate surface area is 178 Å². The number of hydrogen-bond acceptors (Lipinski definition) is 4. The lowest BCUT2D eigenvalue weighted by Crippen LogP contribution is -2.37.